The van der Waals surface area contributed by atoms with Crippen molar-refractivity contribution in [3.05, 3.63) is 205 Å². The van der Waals surface area contributed by atoms with E-state index in [1.165, 1.54) is 60.5 Å². The number of hydrogen-bond acceptors (Lipinski definition) is 3. The van der Waals surface area contributed by atoms with Gasteiger partial charge in [0.1, 0.15) is 5.69 Å². The summed E-state index contributed by atoms with van der Waals surface area (Å²) < 4.78 is 0. The molecule has 9 rings (SSSR count). The Morgan fingerprint density at radius 1 is 0.667 bits per heavy atom. The molecule has 0 saturated heterocycles. The highest BCUT2D eigenvalue weighted by atomic mass is 15.5. The van der Waals surface area contributed by atoms with Gasteiger partial charge in [-0.15, -0.1) is 5.10 Å². The Balaban J connectivity index is 1.26. The number of benzene rings is 7. The molecule has 8 aromatic rings. The molecule has 1 aromatic heterocycles. The molecular weight excluding hydrogens is 657 g/mol. The average molecular weight is 695 g/mol. The van der Waals surface area contributed by atoms with Crippen molar-refractivity contribution in [2.24, 2.45) is 4.99 Å². The van der Waals surface area contributed by atoms with E-state index >= 15 is 0 Å². The first kappa shape index (κ1) is 33.0. The van der Waals surface area contributed by atoms with Gasteiger partial charge in [-0.3, -0.25) is 4.99 Å². The van der Waals surface area contributed by atoms with Crippen LogP contribution < -0.4 is 0 Å². The van der Waals surface area contributed by atoms with Gasteiger partial charge in [0.2, 0.25) is 0 Å². The molecule has 1 unspecified atom stereocenters. The average Bonchev–Trinajstić information content (AvgIpc) is 3.68. The van der Waals surface area contributed by atoms with Crippen molar-refractivity contribution in [2.45, 2.75) is 19.3 Å². The predicted octanol–water partition coefficient (Wildman–Crippen LogP) is 12.6. The van der Waals surface area contributed by atoms with E-state index in [1.807, 2.05) is 11.0 Å². The van der Waals surface area contributed by atoms with Crippen molar-refractivity contribution < 1.29 is 0 Å². The number of allylic oxidation sites excluding steroid dienone is 3. The van der Waals surface area contributed by atoms with Crippen LogP contribution in [0.15, 0.2) is 182 Å². The fraction of sp³-hybridized carbons (Fsp3) is 0.0600. The van der Waals surface area contributed by atoms with Gasteiger partial charge in [-0.2, -0.15) is 9.90 Å². The Bertz CT molecular complexity index is 2770. The van der Waals surface area contributed by atoms with E-state index in [0.29, 0.717) is 0 Å². The number of aliphatic imine (C=N–C) groups is 1. The summed E-state index contributed by atoms with van der Waals surface area (Å²) in [4.78, 5) is 6.16. The smallest absolute Gasteiger partial charge is 0.110 e. The second-order valence-corrected chi connectivity index (χ2v) is 13.8. The fourth-order valence-electron chi connectivity index (χ4n) is 7.75. The molecule has 0 bridgehead atoms. The van der Waals surface area contributed by atoms with E-state index in [9.17, 15) is 0 Å². The zero-order valence-corrected chi connectivity index (χ0v) is 30.1. The van der Waals surface area contributed by atoms with Gasteiger partial charge in [0, 0.05) is 18.3 Å². The molecule has 0 radical (unpaired) electrons. The fourth-order valence-corrected chi connectivity index (χ4v) is 7.75. The first-order valence-corrected chi connectivity index (χ1v) is 18.4. The second-order valence-electron chi connectivity index (χ2n) is 13.8. The normalized spacial score (nSPS) is 14.4. The van der Waals surface area contributed by atoms with Crippen molar-refractivity contribution in [1.29, 1.82) is 0 Å². The Labute approximate surface area is 315 Å². The lowest BCUT2D eigenvalue weighted by Crippen LogP contribution is -2.10. The van der Waals surface area contributed by atoms with Crippen LogP contribution in [0, 0.1) is 0 Å². The van der Waals surface area contributed by atoms with E-state index in [1.54, 1.807) is 12.3 Å². The molecule has 0 amide bonds. The van der Waals surface area contributed by atoms with E-state index < -0.39 is 0 Å². The lowest BCUT2D eigenvalue weighted by molar-refractivity contribution is 0.718. The number of nitrogens with zero attached hydrogens (tertiary/aromatic N) is 4. The van der Waals surface area contributed by atoms with Crippen LogP contribution in [0.5, 0.6) is 0 Å². The van der Waals surface area contributed by atoms with Crippen LogP contribution in [0.1, 0.15) is 47.3 Å². The molecule has 0 fully saturated rings. The molecule has 0 saturated carbocycles. The molecule has 54 heavy (non-hydrogen) atoms. The Kier molecular flexibility index (Phi) is 8.70. The molecule has 258 valence electrons. The van der Waals surface area contributed by atoms with E-state index in [-0.39, 0.29) is 5.92 Å². The maximum Gasteiger partial charge on any atom is 0.110 e. The Morgan fingerprint density at radius 3 is 2.04 bits per heavy atom. The van der Waals surface area contributed by atoms with Crippen molar-refractivity contribution in [1.82, 2.24) is 15.0 Å². The third-order valence-electron chi connectivity index (χ3n) is 10.4. The van der Waals surface area contributed by atoms with E-state index in [4.69, 9.17) is 10.2 Å². The summed E-state index contributed by atoms with van der Waals surface area (Å²) in [5.74, 6) is -0.0421. The topological polar surface area (TPSA) is 43.1 Å². The molecule has 1 heterocycles. The molecule has 7 aromatic carbocycles. The minimum Gasteiger partial charge on any atom is -0.264 e. The predicted molar refractivity (Wildman–Crippen MR) is 227 cm³/mol. The quantitative estimate of drug-likeness (QED) is 0.149. The maximum absolute atomic E-state index is 5.32. The van der Waals surface area contributed by atoms with E-state index in [2.05, 4.69) is 182 Å². The lowest BCUT2D eigenvalue weighted by Gasteiger charge is -2.25. The van der Waals surface area contributed by atoms with Gasteiger partial charge in [-0.1, -0.05) is 134 Å². The van der Waals surface area contributed by atoms with Crippen LogP contribution >= 0.6 is 0 Å². The first-order valence-electron chi connectivity index (χ1n) is 18.4. The number of rotatable bonds is 8. The largest absolute Gasteiger partial charge is 0.264 e. The van der Waals surface area contributed by atoms with Gasteiger partial charge in [0.15, 0.2) is 0 Å². The molecular formula is C50H38N4. The Morgan fingerprint density at radius 2 is 1.31 bits per heavy atom. The first-order chi connectivity index (χ1) is 26.6. The van der Waals surface area contributed by atoms with Crippen LogP contribution in [0.4, 0.5) is 0 Å². The van der Waals surface area contributed by atoms with Crippen LogP contribution in [-0.4, -0.2) is 21.2 Å². The number of fused-ring (bicyclic) bond motifs is 3. The molecule has 0 N–H and O–H groups in total. The minimum atomic E-state index is -0.0421. The molecule has 4 nitrogen and oxygen atoms in total. The summed E-state index contributed by atoms with van der Waals surface area (Å²) in [5, 5.41) is 15.4. The van der Waals surface area contributed by atoms with Gasteiger partial charge >= 0.3 is 0 Å². The standard InChI is InChI=1S/C50H38N4/c1-3-25-51-33-34(2)37-21-14-22-43(28-37)54-52-49-32-42(46-29-40(35-15-6-4-7-16-35)26-38-19-10-12-23-44(38)46)31-48(50(49)53-54)47-30-41(36-17-8-5-9-18-36)27-39-20-11-13-24-45(39)47/h3-30,32-33,48H,1,31H2,2H3/b34-33+,51-25?. The monoisotopic (exact) mass is 694 g/mol. The van der Waals surface area contributed by atoms with Crippen LogP contribution in [0.2, 0.25) is 0 Å². The van der Waals surface area contributed by atoms with Crippen molar-refractivity contribution in [3.8, 4) is 27.9 Å². The van der Waals surface area contributed by atoms with Crippen molar-refractivity contribution in [2.75, 3.05) is 0 Å². The van der Waals surface area contributed by atoms with Gasteiger partial charge in [0.25, 0.3) is 0 Å². The maximum atomic E-state index is 5.32. The number of aromatic nitrogens is 3. The highest BCUT2D eigenvalue weighted by Crippen LogP contribution is 2.46. The third-order valence-corrected chi connectivity index (χ3v) is 10.4. The molecule has 0 aliphatic heterocycles. The lowest BCUT2D eigenvalue weighted by atomic mass is 9.78. The molecule has 1 atom stereocenters. The molecule has 4 heteroatoms. The second kappa shape index (κ2) is 14.3. The van der Waals surface area contributed by atoms with Gasteiger partial charge in [-0.05, 0) is 127 Å². The summed E-state index contributed by atoms with van der Waals surface area (Å²) in [6, 6.07) is 56.5. The summed E-state index contributed by atoms with van der Waals surface area (Å²) in [5.41, 5.74) is 13.4. The van der Waals surface area contributed by atoms with Crippen LogP contribution in [0.25, 0.3) is 66.7 Å². The zero-order valence-electron chi connectivity index (χ0n) is 30.1. The molecule has 1 aliphatic rings. The van der Waals surface area contributed by atoms with Crippen molar-refractivity contribution >= 4 is 45.0 Å². The van der Waals surface area contributed by atoms with Crippen molar-refractivity contribution in [3.63, 3.8) is 0 Å². The summed E-state index contributed by atoms with van der Waals surface area (Å²) in [7, 11) is 0. The molecule has 0 spiro atoms. The van der Waals surface area contributed by atoms with Crippen LogP contribution in [0.3, 0.4) is 0 Å². The minimum absolute atomic E-state index is 0.0421. The summed E-state index contributed by atoms with van der Waals surface area (Å²) >= 11 is 0. The van der Waals surface area contributed by atoms with Gasteiger partial charge in [-0.25, -0.2) is 0 Å². The Hall–Kier alpha value is -6.91. The zero-order chi connectivity index (χ0) is 36.4. The molecule has 1 aliphatic carbocycles. The summed E-state index contributed by atoms with van der Waals surface area (Å²) in [6.45, 7) is 5.80. The van der Waals surface area contributed by atoms with E-state index in [0.717, 1.165) is 34.6 Å². The SMILES string of the molecule is C=CC=N/C=C(\C)c1cccc(-n2nc3c(n2)C(c2cc(-c4ccccc4)cc4ccccc24)CC(c2cc(-c4ccccc4)cc4ccccc24)=C3)c1. The highest BCUT2D eigenvalue weighted by molar-refractivity contribution is 6.01. The summed E-state index contributed by atoms with van der Waals surface area (Å²) in [6.07, 6.45) is 8.27. The third kappa shape index (κ3) is 6.29. The highest BCUT2D eigenvalue weighted by Gasteiger charge is 2.31. The van der Waals surface area contributed by atoms with Crippen LogP contribution in [-0.2, 0) is 0 Å². The van der Waals surface area contributed by atoms with Gasteiger partial charge in [0.05, 0.1) is 11.4 Å². The number of hydrogen-bond donors (Lipinski definition) is 0. The van der Waals surface area contributed by atoms with Gasteiger partial charge < -0.3 is 0 Å².